The van der Waals surface area contributed by atoms with Crippen molar-refractivity contribution in [2.45, 2.75) is 45.3 Å². The summed E-state index contributed by atoms with van der Waals surface area (Å²) < 4.78 is 7.48. The molecule has 0 saturated heterocycles. The van der Waals surface area contributed by atoms with Crippen molar-refractivity contribution in [2.24, 2.45) is 13.0 Å². The van der Waals surface area contributed by atoms with E-state index in [1.165, 1.54) is 0 Å². The van der Waals surface area contributed by atoms with E-state index in [2.05, 4.69) is 5.10 Å². The molecule has 0 bridgehead atoms. The fourth-order valence-corrected chi connectivity index (χ4v) is 2.74. The summed E-state index contributed by atoms with van der Waals surface area (Å²) in [6.07, 6.45) is 3.12. The first-order valence-corrected chi connectivity index (χ1v) is 6.89. The van der Waals surface area contributed by atoms with Crippen LogP contribution >= 0.6 is 11.6 Å². The van der Waals surface area contributed by atoms with Gasteiger partial charge in [-0.3, -0.25) is 9.48 Å². The van der Waals surface area contributed by atoms with Crippen molar-refractivity contribution in [3.63, 3.8) is 0 Å². The Morgan fingerprint density at radius 3 is 2.58 bits per heavy atom. The van der Waals surface area contributed by atoms with Crippen LogP contribution in [0.3, 0.4) is 0 Å². The number of halogens is 1. The van der Waals surface area contributed by atoms with Gasteiger partial charge in [0.25, 0.3) is 0 Å². The number of hydrogen-bond acceptors (Lipinski definition) is 3. The lowest BCUT2D eigenvalue weighted by atomic mass is 9.87. The van der Waals surface area contributed by atoms with Crippen molar-refractivity contribution in [1.82, 2.24) is 9.78 Å². The zero-order valence-corrected chi connectivity index (χ0v) is 12.0. The van der Waals surface area contributed by atoms with Crippen LogP contribution in [0.1, 0.15) is 36.9 Å². The molecule has 0 spiro atoms. The molecule has 19 heavy (non-hydrogen) atoms. The maximum atomic E-state index is 10.9. The molecule has 6 heteroatoms. The van der Waals surface area contributed by atoms with Crippen molar-refractivity contribution >= 4 is 17.6 Å². The molecule has 5 nitrogen and oxygen atoms in total. The van der Waals surface area contributed by atoms with Crippen LogP contribution < -0.4 is 0 Å². The van der Waals surface area contributed by atoms with Gasteiger partial charge >= 0.3 is 5.97 Å². The van der Waals surface area contributed by atoms with Gasteiger partial charge in [0.2, 0.25) is 0 Å². The first-order chi connectivity index (χ1) is 8.99. The first kappa shape index (κ1) is 14.3. The van der Waals surface area contributed by atoms with Gasteiger partial charge in [0.1, 0.15) is 5.15 Å². The minimum atomic E-state index is -0.690. The lowest BCUT2D eigenvalue weighted by molar-refractivity contribution is -0.143. The standard InChI is InChI=1S/C13H19ClN2O3/c1-8-11(12(14)16(2)15-8)7-19-10-5-3-9(4-6-10)13(17)18/h9-10H,3-7H2,1-2H3,(H,17,18). The Bertz CT molecular complexity index is 465. The van der Waals surface area contributed by atoms with Gasteiger partial charge in [-0.15, -0.1) is 0 Å². The topological polar surface area (TPSA) is 64.4 Å². The van der Waals surface area contributed by atoms with Gasteiger partial charge in [0, 0.05) is 12.6 Å². The minimum Gasteiger partial charge on any atom is -0.481 e. The molecular formula is C13H19ClN2O3. The third kappa shape index (κ3) is 3.28. The summed E-state index contributed by atoms with van der Waals surface area (Å²) in [6.45, 7) is 2.35. The van der Waals surface area contributed by atoms with Gasteiger partial charge in [-0.05, 0) is 32.6 Å². The highest BCUT2D eigenvalue weighted by Gasteiger charge is 2.26. The summed E-state index contributed by atoms with van der Waals surface area (Å²) in [4.78, 5) is 10.9. The summed E-state index contributed by atoms with van der Waals surface area (Å²) in [5.74, 6) is -0.895. The number of aryl methyl sites for hydroxylation is 2. The van der Waals surface area contributed by atoms with Crippen LogP contribution in [0.5, 0.6) is 0 Å². The van der Waals surface area contributed by atoms with Crippen LogP contribution in [0.25, 0.3) is 0 Å². The van der Waals surface area contributed by atoms with Gasteiger partial charge in [0.05, 0.1) is 24.3 Å². The van der Waals surface area contributed by atoms with E-state index in [0.717, 1.165) is 24.1 Å². The molecule has 0 amide bonds. The second-order valence-electron chi connectivity index (χ2n) is 5.10. The lowest BCUT2D eigenvalue weighted by Gasteiger charge is -2.26. The number of carboxylic acids is 1. The van der Waals surface area contributed by atoms with Gasteiger partial charge < -0.3 is 9.84 Å². The second kappa shape index (κ2) is 5.92. The highest BCUT2D eigenvalue weighted by molar-refractivity contribution is 6.30. The number of aliphatic carboxylic acids is 1. The van der Waals surface area contributed by atoms with Crippen molar-refractivity contribution in [3.05, 3.63) is 16.4 Å². The van der Waals surface area contributed by atoms with Crippen molar-refractivity contribution in [3.8, 4) is 0 Å². The van der Waals surface area contributed by atoms with E-state index in [-0.39, 0.29) is 12.0 Å². The van der Waals surface area contributed by atoms with Crippen LogP contribution in [0.2, 0.25) is 5.15 Å². The third-order valence-corrected chi connectivity index (χ3v) is 4.23. The zero-order valence-electron chi connectivity index (χ0n) is 11.2. The fraction of sp³-hybridized carbons (Fsp3) is 0.692. The molecule has 1 aliphatic carbocycles. The average Bonchev–Trinajstić information content (AvgIpc) is 2.62. The second-order valence-corrected chi connectivity index (χ2v) is 5.46. The fourth-order valence-electron chi connectivity index (χ4n) is 2.52. The highest BCUT2D eigenvalue weighted by atomic mass is 35.5. The number of rotatable bonds is 4. The van der Waals surface area contributed by atoms with Crippen molar-refractivity contribution in [2.75, 3.05) is 0 Å². The maximum Gasteiger partial charge on any atom is 0.306 e. The molecule has 0 aliphatic heterocycles. The number of carboxylic acid groups (broad SMARTS) is 1. The van der Waals surface area contributed by atoms with Gasteiger partial charge in [0.15, 0.2) is 0 Å². The largest absolute Gasteiger partial charge is 0.481 e. The van der Waals surface area contributed by atoms with E-state index < -0.39 is 5.97 Å². The molecule has 0 unspecified atom stereocenters. The average molecular weight is 287 g/mol. The molecule has 1 N–H and O–H groups in total. The van der Waals surface area contributed by atoms with E-state index >= 15 is 0 Å². The van der Waals surface area contributed by atoms with Crippen LogP contribution in [0, 0.1) is 12.8 Å². The molecule has 1 heterocycles. The number of carbonyl (C=O) groups is 1. The maximum absolute atomic E-state index is 10.9. The SMILES string of the molecule is Cc1nn(C)c(Cl)c1COC1CCC(C(=O)O)CC1. The Hall–Kier alpha value is -1.07. The Kier molecular flexibility index (Phi) is 4.47. The zero-order chi connectivity index (χ0) is 14.0. The molecule has 0 radical (unpaired) electrons. The molecular weight excluding hydrogens is 268 g/mol. The van der Waals surface area contributed by atoms with E-state index in [1.54, 1.807) is 11.7 Å². The lowest BCUT2D eigenvalue weighted by Crippen LogP contribution is -2.26. The van der Waals surface area contributed by atoms with Gasteiger partial charge in [-0.2, -0.15) is 5.10 Å². The Morgan fingerprint density at radius 1 is 1.47 bits per heavy atom. The summed E-state index contributed by atoms with van der Waals surface area (Å²) >= 11 is 6.14. The molecule has 1 saturated carbocycles. The quantitative estimate of drug-likeness (QED) is 0.924. The van der Waals surface area contributed by atoms with Crippen molar-refractivity contribution in [1.29, 1.82) is 0 Å². The molecule has 106 valence electrons. The van der Waals surface area contributed by atoms with Crippen LogP contribution in [-0.2, 0) is 23.2 Å². The minimum absolute atomic E-state index is 0.131. The van der Waals surface area contributed by atoms with E-state index in [9.17, 15) is 4.79 Å². The van der Waals surface area contributed by atoms with E-state index in [0.29, 0.717) is 24.6 Å². The summed E-state index contributed by atoms with van der Waals surface area (Å²) in [5, 5.41) is 13.8. The Morgan fingerprint density at radius 2 is 2.11 bits per heavy atom. The van der Waals surface area contributed by atoms with Crippen LogP contribution in [0.4, 0.5) is 0 Å². The monoisotopic (exact) mass is 286 g/mol. The number of aromatic nitrogens is 2. The molecule has 2 rings (SSSR count). The molecule has 1 aromatic rings. The molecule has 0 atom stereocenters. The van der Waals surface area contributed by atoms with E-state index in [4.69, 9.17) is 21.4 Å². The summed E-state index contributed by atoms with van der Waals surface area (Å²) in [5.41, 5.74) is 1.80. The number of ether oxygens (including phenoxy) is 1. The van der Waals surface area contributed by atoms with Gasteiger partial charge in [-0.1, -0.05) is 11.6 Å². The van der Waals surface area contributed by atoms with Crippen LogP contribution in [-0.4, -0.2) is 27.0 Å². The number of hydrogen-bond donors (Lipinski definition) is 1. The van der Waals surface area contributed by atoms with Crippen LogP contribution in [0.15, 0.2) is 0 Å². The normalized spacial score (nSPS) is 23.5. The number of nitrogens with zero attached hydrogens (tertiary/aromatic N) is 2. The van der Waals surface area contributed by atoms with Gasteiger partial charge in [-0.25, -0.2) is 0 Å². The van der Waals surface area contributed by atoms with Crippen molar-refractivity contribution < 1.29 is 14.6 Å². The highest BCUT2D eigenvalue weighted by Crippen LogP contribution is 2.28. The smallest absolute Gasteiger partial charge is 0.306 e. The molecule has 1 aromatic heterocycles. The predicted octanol–water partition coefficient (Wildman–Crippen LogP) is 2.54. The Labute approximate surface area is 117 Å². The molecule has 1 aliphatic rings. The first-order valence-electron chi connectivity index (χ1n) is 6.51. The molecule has 1 fully saturated rings. The summed E-state index contributed by atoms with van der Waals surface area (Å²) in [7, 11) is 1.80. The third-order valence-electron chi connectivity index (χ3n) is 3.76. The molecule has 0 aromatic carbocycles. The Balaban J connectivity index is 1.85. The predicted molar refractivity (Wildman–Crippen MR) is 71.1 cm³/mol. The summed E-state index contributed by atoms with van der Waals surface area (Å²) in [6, 6.07) is 0. The van der Waals surface area contributed by atoms with E-state index in [1.807, 2.05) is 6.92 Å².